The smallest absolute Gasteiger partial charge is 0.248 e. The first-order valence-corrected chi connectivity index (χ1v) is 6.78. The summed E-state index contributed by atoms with van der Waals surface area (Å²) in [6.45, 7) is 6.20. The highest BCUT2D eigenvalue weighted by Gasteiger charge is 2.24. The number of nitrogens with one attached hydrogen (secondary N) is 1. The maximum Gasteiger partial charge on any atom is 0.248 e. The molecule has 1 aromatic carbocycles. The van der Waals surface area contributed by atoms with Gasteiger partial charge < -0.3 is 15.8 Å². The lowest BCUT2D eigenvalue weighted by Gasteiger charge is -2.33. The minimum Gasteiger partial charge on any atom is -0.382 e. The number of primary amides is 1. The average molecular weight is 262 g/mol. The minimum atomic E-state index is -0.386. The lowest BCUT2D eigenvalue weighted by Crippen LogP contribution is -2.37. The Morgan fingerprint density at radius 1 is 1.32 bits per heavy atom. The molecule has 0 radical (unpaired) electrons. The van der Waals surface area contributed by atoms with E-state index in [1.54, 1.807) is 6.07 Å². The highest BCUT2D eigenvalue weighted by molar-refractivity contribution is 5.93. The van der Waals surface area contributed by atoms with E-state index >= 15 is 0 Å². The van der Waals surface area contributed by atoms with Crippen molar-refractivity contribution in [1.29, 1.82) is 0 Å². The Hall–Kier alpha value is -1.55. The van der Waals surface area contributed by atoms with Crippen LogP contribution in [0.1, 0.15) is 42.6 Å². The second-order valence-corrected chi connectivity index (χ2v) is 5.46. The Labute approximate surface area is 114 Å². The van der Waals surface area contributed by atoms with Crippen molar-refractivity contribution in [3.05, 3.63) is 29.3 Å². The molecule has 19 heavy (non-hydrogen) atoms. The van der Waals surface area contributed by atoms with Gasteiger partial charge in [-0.05, 0) is 57.4 Å². The Balaban J connectivity index is 2.08. The van der Waals surface area contributed by atoms with Crippen LogP contribution >= 0.6 is 0 Å². The van der Waals surface area contributed by atoms with Gasteiger partial charge in [0.1, 0.15) is 0 Å². The molecular formula is C15H22N2O2. The zero-order chi connectivity index (χ0) is 14.0. The van der Waals surface area contributed by atoms with E-state index in [0.29, 0.717) is 11.6 Å². The lowest BCUT2D eigenvalue weighted by molar-refractivity contribution is -0.0337. The largest absolute Gasteiger partial charge is 0.382 e. The summed E-state index contributed by atoms with van der Waals surface area (Å²) in [5.74, 6) is -0.386. The van der Waals surface area contributed by atoms with Crippen LogP contribution in [0, 0.1) is 6.92 Å². The molecule has 1 amide bonds. The number of amides is 1. The molecule has 0 aromatic heterocycles. The number of anilines is 1. The van der Waals surface area contributed by atoms with Gasteiger partial charge in [-0.1, -0.05) is 0 Å². The first-order chi connectivity index (χ1) is 8.95. The molecule has 1 aliphatic heterocycles. The number of hydrogen-bond donors (Lipinski definition) is 2. The number of carbonyl (C=O) groups excluding carboxylic acids is 1. The number of ether oxygens (including phenoxy) is 1. The zero-order valence-corrected chi connectivity index (χ0v) is 11.8. The fourth-order valence-corrected chi connectivity index (χ4v) is 2.72. The number of aryl methyl sites for hydroxylation is 1. The molecule has 0 aliphatic carbocycles. The highest BCUT2D eigenvalue weighted by atomic mass is 16.5. The molecule has 3 N–H and O–H groups in total. The van der Waals surface area contributed by atoms with Crippen molar-refractivity contribution in [3.8, 4) is 0 Å². The van der Waals surface area contributed by atoms with E-state index in [1.165, 1.54) is 0 Å². The maximum absolute atomic E-state index is 11.1. The van der Waals surface area contributed by atoms with Crippen molar-refractivity contribution in [3.63, 3.8) is 0 Å². The van der Waals surface area contributed by atoms with Gasteiger partial charge in [-0.15, -0.1) is 0 Å². The van der Waals surface area contributed by atoms with Crippen LogP contribution in [0.5, 0.6) is 0 Å². The van der Waals surface area contributed by atoms with Gasteiger partial charge in [0.25, 0.3) is 0 Å². The molecule has 4 nitrogen and oxygen atoms in total. The molecule has 0 bridgehead atoms. The Bertz CT molecular complexity index is 463. The molecular weight excluding hydrogens is 240 g/mol. The predicted molar refractivity (Wildman–Crippen MR) is 76.4 cm³/mol. The first kappa shape index (κ1) is 13.9. The standard InChI is InChI=1S/C15H22N2O2/c1-9-6-12(15(16)18)4-5-14(9)17-13-7-10(2)19-11(3)8-13/h4-6,10-11,13,17H,7-8H2,1-3H3,(H2,16,18). The second-order valence-electron chi connectivity index (χ2n) is 5.46. The van der Waals surface area contributed by atoms with Gasteiger partial charge in [0.05, 0.1) is 12.2 Å². The third-order valence-electron chi connectivity index (χ3n) is 3.57. The molecule has 1 aromatic rings. The van der Waals surface area contributed by atoms with Crippen molar-refractivity contribution >= 4 is 11.6 Å². The van der Waals surface area contributed by atoms with E-state index < -0.39 is 0 Å². The third kappa shape index (κ3) is 3.47. The van der Waals surface area contributed by atoms with Crippen molar-refractivity contribution in [1.82, 2.24) is 0 Å². The van der Waals surface area contributed by atoms with Crippen LogP contribution in [0.2, 0.25) is 0 Å². The Morgan fingerprint density at radius 2 is 1.95 bits per heavy atom. The minimum absolute atomic E-state index is 0.284. The number of nitrogens with two attached hydrogens (primary N) is 1. The predicted octanol–water partition coefficient (Wildman–Crippen LogP) is 2.46. The fraction of sp³-hybridized carbons (Fsp3) is 0.533. The van der Waals surface area contributed by atoms with Crippen molar-refractivity contribution in [2.45, 2.75) is 51.9 Å². The molecule has 1 saturated heterocycles. The molecule has 4 heteroatoms. The van der Waals surface area contributed by atoms with Crippen LogP contribution in [0.25, 0.3) is 0 Å². The average Bonchev–Trinajstić information content (AvgIpc) is 2.30. The normalized spacial score (nSPS) is 27.0. The van der Waals surface area contributed by atoms with Gasteiger partial charge in [-0.2, -0.15) is 0 Å². The maximum atomic E-state index is 11.1. The third-order valence-corrected chi connectivity index (χ3v) is 3.57. The van der Waals surface area contributed by atoms with Gasteiger partial charge in [0, 0.05) is 17.3 Å². The number of benzene rings is 1. The molecule has 0 saturated carbocycles. The molecule has 1 fully saturated rings. The SMILES string of the molecule is Cc1cc(C(N)=O)ccc1NC1CC(C)OC(C)C1. The topological polar surface area (TPSA) is 64.4 Å². The Kier molecular flexibility index (Phi) is 4.10. The molecule has 1 heterocycles. The second kappa shape index (κ2) is 5.61. The lowest BCUT2D eigenvalue weighted by atomic mass is 9.99. The van der Waals surface area contributed by atoms with Crippen LogP contribution in [0.3, 0.4) is 0 Å². The fourth-order valence-electron chi connectivity index (χ4n) is 2.72. The summed E-state index contributed by atoms with van der Waals surface area (Å²) in [5, 5.41) is 3.54. The highest BCUT2D eigenvalue weighted by Crippen LogP contribution is 2.24. The van der Waals surface area contributed by atoms with Gasteiger partial charge in [-0.3, -0.25) is 4.79 Å². The van der Waals surface area contributed by atoms with Gasteiger partial charge in [-0.25, -0.2) is 0 Å². The van der Waals surface area contributed by atoms with Crippen LogP contribution in [0.4, 0.5) is 5.69 Å². The van der Waals surface area contributed by atoms with Crippen LogP contribution in [-0.2, 0) is 4.74 Å². The zero-order valence-electron chi connectivity index (χ0n) is 11.8. The summed E-state index contributed by atoms with van der Waals surface area (Å²) < 4.78 is 5.73. The van der Waals surface area contributed by atoms with Crippen LogP contribution in [0.15, 0.2) is 18.2 Å². The van der Waals surface area contributed by atoms with E-state index in [4.69, 9.17) is 10.5 Å². The summed E-state index contributed by atoms with van der Waals surface area (Å²) in [6, 6.07) is 5.94. The van der Waals surface area contributed by atoms with Crippen molar-refractivity contribution in [2.24, 2.45) is 5.73 Å². The van der Waals surface area contributed by atoms with Gasteiger partial charge in [0.2, 0.25) is 5.91 Å². The van der Waals surface area contributed by atoms with E-state index in [-0.39, 0.29) is 18.1 Å². The van der Waals surface area contributed by atoms with E-state index in [9.17, 15) is 4.79 Å². The quantitative estimate of drug-likeness (QED) is 0.879. The van der Waals surface area contributed by atoms with E-state index in [2.05, 4.69) is 19.2 Å². The number of rotatable bonds is 3. The molecule has 0 spiro atoms. The van der Waals surface area contributed by atoms with Gasteiger partial charge >= 0.3 is 0 Å². The molecule has 1 aliphatic rings. The summed E-state index contributed by atoms with van der Waals surface area (Å²) >= 11 is 0. The van der Waals surface area contributed by atoms with E-state index in [0.717, 1.165) is 24.1 Å². The van der Waals surface area contributed by atoms with Crippen molar-refractivity contribution < 1.29 is 9.53 Å². The summed E-state index contributed by atoms with van der Waals surface area (Å²) in [5.41, 5.74) is 7.94. The van der Waals surface area contributed by atoms with E-state index in [1.807, 2.05) is 19.1 Å². The monoisotopic (exact) mass is 262 g/mol. The first-order valence-electron chi connectivity index (χ1n) is 6.78. The molecule has 104 valence electrons. The molecule has 2 atom stereocenters. The molecule has 2 rings (SSSR count). The van der Waals surface area contributed by atoms with Crippen LogP contribution < -0.4 is 11.1 Å². The number of carbonyl (C=O) groups is 1. The molecule has 2 unspecified atom stereocenters. The van der Waals surface area contributed by atoms with Crippen molar-refractivity contribution in [2.75, 3.05) is 5.32 Å². The van der Waals surface area contributed by atoms with Crippen LogP contribution in [-0.4, -0.2) is 24.2 Å². The summed E-state index contributed by atoms with van der Waals surface area (Å²) in [7, 11) is 0. The Morgan fingerprint density at radius 3 is 2.47 bits per heavy atom. The summed E-state index contributed by atoms with van der Waals surface area (Å²) in [4.78, 5) is 11.1. The summed E-state index contributed by atoms with van der Waals surface area (Å²) in [6.07, 6.45) is 2.57. The number of hydrogen-bond acceptors (Lipinski definition) is 3. The van der Waals surface area contributed by atoms with Gasteiger partial charge in [0.15, 0.2) is 0 Å².